The standard InChI is InChI=1S/C19H20F2N2O2.ClH/c1-23-8-6-17(7-9-23)25-18-11-15(21)10-16(12-18)22-19(24)13-2-4-14(20)5-3-13;/h2-5,10-12,17H,6-9H2,1H3,(H,22,24);1H. The Labute approximate surface area is 157 Å². The van der Waals surface area contributed by atoms with E-state index in [9.17, 15) is 13.6 Å². The van der Waals surface area contributed by atoms with E-state index in [4.69, 9.17) is 4.74 Å². The number of halogens is 3. The quantitative estimate of drug-likeness (QED) is 0.865. The number of ether oxygens (including phenoxy) is 1. The zero-order valence-electron chi connectivity index (χ0n) is 14.4. The van der Waals surface area contributed by atoms with Crippen LogP contribution in [0.2, 0.25) is 0 Å². The topological polar surface area (TPSA) is 41.6 Å². The van der Waals surface area contributed by atoms with Crippen LogP contribution < -0.4 is 10.1 Å². The van der Waals surface area contributed by atoms with E-state index in [0.717, 1.165) is 25.9 Å². The van der Waals surface area contributed by atoms with Crippen LogP contribution >= 0.6 is 12.4 Å². The molecule has 0 atom stereocenters. The Balaban J connectivity index is 0.00000243. The summed E-state index contributed by atoms with van der Waals surface area (Å²) < 4.78 is 32.6. The third-order valence-electron chi connectivity index (χ3n) is 4.20. The number of amides is 1. The summed E-state index contributed by atoms with van der Waals surface area (Å²) in [5.74, 6) is -0.948. The molecule has 0 radical (unpaired) electrons. The van der Waals surface area contributed by atoms with Crippen molar-refractivity contribution in [3.8, 4) is 5.75 Å². The van der Waals surface area contributed by atoms with Crippen LogP contribution in [0.15, 0.2) is 42.5 Å². The summed E-state index contributed by atoms with van der Waals surface area (Å²) in [6.07, 6.45) is 1.80. The first-order valence-electron chi connectivity index (χ1n) is 8.22. The van der Waals surface area contributed by atoms with Crippen molar-refractivity contribution in [2.24, 2.45) is 0 Å². The van der Waals surface area contributed by atoms with Crippen molar-refractivity contribution in [1.29, 1.82) is 0 Å². The molecule has 0 bridgehead atoms. The first-order valence-corrected chi connectivity index (χ1v) is 8.22. The van der Waals surface area contributed by atoms with Gasteiger partial charge in [0.15, 0.2) is 0 Å². The Morgan fingerprint density at radius 3 is 2.38 bits per heavy atom. The van der Waals surface area contributed by atoms with E-state index in [1.807, 2.05) is 0 Å². The minimum Gasteiger partial charge on any atom is -0.490 e. The molecular weight excluding hydrogens is 362 g/mol. The average Bonchev–Trinajstić information content (AvgIpc) is 2.57. The van der Waals surface area contributed by atoms with Gasteiger partial charge in [0.05, 0.1) is 0 Å². The third kappa shape index (κ3) is 5.41. The predicted octanol–water partition coefficient (Wildman–Crippen LogP) is 4.11. The van der Waals surface area contributed by atoms with E-state index in [1.54, 1.807) is 6.07 Å². The molecular formula is C19H21ClF2N2O2. The van der Waals surface area contributed by atoms with Crippen molar-refractivity contribution >= 4 is 24.0 Å². The first-order chi connectivity index (χ1) is 12.0. The van der Waals surface area contributed by atoms with Crippen LogP contribution in [0.5, 0.6) is 5.75 Å². The van der Waals surface area contributed by atoms with Crippen molar-refractivity contribution < 1.29 is 18.3 Å². The van der Waals surface area contributed by atoms with Crippen molar-refractivity contribution in [1.82, 2.24) is 4.90 Å². The number of hydrogen-bond acceptors (Lipinski definition) is 3. The lowest BCUT2D eigenvalue weighted by molar-refractivity contribution is 0.102. The number of anilines is 1. The van der Waals surface area contributed by atoms with Gasteiger partial charge < -0.3 is 15.0 Å². The van der Waals surface area contributed by atoms with Gasteiger partial charge in [-0.05, 0) is 50.2 Å². The number of nitrogens with zero attached hydrogens (tertiary/aromatic N) is 1. The van der Waals surface area contributed by atoms with Crippen LogP contribution in [0.4, 0.5) is 14.5 Å². The van der Waals surface area contributed by atoms with Gasteiger partial charge in [-0.2, -0.15) is 0 Å². The van der Waals surface area contributed by atoms with Gasteiger partial charge >= 0.3 is 0 Å². The molecule has 1 amide bonds. The zero-order chi connectivity index (χ0) is 17.8. The van der Waals surface area contributed by atoms with E-state index in [2.05, 4.69) is 17.3 Å². The maximum atomic E-state index is 13.9. The van der Waals surface area contributed by atoms with Gasteiger partial charge in [0, 0.05) is 36.5 Å². The highest BCUT2D eigenvalue weighted by atomic mass is 35.5. The van der Waals surface area contributed by atoms with Crippen LogP contribution in [0, 0.1) is 11.6 Å². The summed E-state index contributed by atoms with van der Waals surface area (Å²) in [4.78, 5) is 14.4. The van der Waals surface area contributed by atoms with Gasteiger partial charge in [-0.3, -0.25) is 4.79 Å². The van der Waals surface area contributed by atoms with Gasteiger partial charge in [-0.25, -0.2) is 8.78 Å². The highest BCUT2D eigenvalue weighted by Gasteiger charge is 2.18. The van der Waals surface area contributed by atoms with Crippen molar-refractivity contribution in [3.63, 3.8) is 0 Å². The maximum Gasteiger partial charge on any atom is 0.255 e. The Hall–Kier alpha value is -2.18. The summed E-state index contributed by atoms with van der Waals surface area (Å²) >= 11 is 0. The molecule has 1 N–H and O–H groups in total. The largest absolute Gasteiger partial charge is 0.490 e. The van der Waals surface area contributed by atoms with E-state index < -0.39 is 17.5 Å². The summed E-state index contributed by atoms with van der Waals surface area (Å²) in [7, 11) is 2.06. The zero-order valence-corrected chi connectivity index (χ0v) is 15.2. The van der Waals surface area contributed by atoms with Crippen molar-refractivity contribution in [2.75, 3.05) is 25.5 Å². The molecule has 1 heterocycles. The molecule has 3 rings (SSSR count). The lowest BCUT2D eigenvalue weighted by atomic mass is 10.1. The first kappa shape index (κ1) is 20.1. The van der Waals surface area contributed by atoms with Crippen molar-refractivity contribution in [2.45, 2.75) is 18.9 Å². The van der Waals surface area contributed by atoms with Crippen LogP contribution in [-0.4, -0.2) is 37.0 Å². The molecule has 1 aliphatic heterocycles. The van der Waals surface area contributed by atoms with Crippen LogP contribution in [0.25, 0.3) is 0 Å². The summed E-state index contributed by atoms with van der Waals surface area (Å²) in [5, 5.41) is 2.61. The number of benzene rings is 2. The normalized spacial score (nSPS) is 15.2. The fraction of sp³-hybridized carbons (Fsp3) is 0.316. The van der Waals surface area contributed by atoms with Crippen LogP contribution in [0.1, 0.15) is 23.2 Å². The fourth-order valence-electron chi connectivity index (χ4n) is 2.80. The molecule has 26 heavy (non-hydrogen) atoms. The minimum absolute atomic E-state index is 0. The molecule has 4 nitrogen and oxygen atoms in total. The smallest absolute Gasteiger partial charge is 0.255 e. The molecule has 1 saturated heterocycles. The van der Waals surface area contributed by atoms with Gasteiger partial charge in [0.1, 0.15) is 23.5 Å². The molecule has 7 heteroatoms. The number of rotatable bonds is 4. The lowest BCUT2D eigenvalue weighted by Gasteiger charge is -2.29. The van der Waals surface area contributed by atoms with E-state index in [1.165, 1.54) is 36.4 Å². The monoisotopic (exact) mass is 382 g/mol. The Bertz CT molecular complexity index is 748. The van der Waals surface area contributed by atoms with Gasteiger partial charge in [0.2, 0.25) is 0 Å². The lowest BCUT2D eigenvalue weighted by Crippen LogP contribution is -2.35. The number of piperidine rings is 1. The third-order valence-corrected chi connectivity index (χ3v) is 4.20. The highest BCUT2D eigenvalue weighted by Crippen LogP contribution is 2.24. The fourth-order valence-corrected chi connectivity index (χ4v) is 2.80. The minimum atomic E-state index is -0.486. The summed E-state index contributed by atoms with van der Waals surface area (Å²) in [6.45, 7) is 1.88. The van der Waals surface area contributed by atoms with Crippen molar-refractivity contribution in [3.05, 3.63) is 59.7 Å². The number of likely N-dealkylation sites (tertiary alicyclic amines) is 1. The highest BCUT2D eigenvalue weighted by molar-refractivity contribution is 6.04. The molecule has 1 aliphatic rings. The van der Waals surface area contributed by atoms with Gasteiger partial charge in [-0.15, -0.1) is 12.4 Å². The molecule has 0 unspecified atom stereocenters. The van der Waals surface area contributed by atoms with E-state index >= 15 is 0 Å². The van der Waals surface area contributed by atoms with Gasteiger partial charge in [-0.1, -0.05) is 0 Å². The number of hydrogen-bond donors (Lipinski definition) is 1. The second kappa shape index (κ2) is 8.96. The van der Waals surface area contributed by atoms with Crippen LogP contribution in [-0.2, 0) is 0 Å². The Morgan fingerprint density at radius 2 is 1.73 bits per heavy atom. The second-order valence-corrected chi connectivity index (χ2v) is 6.26. The second-order valence-electron chi connectivity index (χ2n) is 6.26. The van der Waals surface area contributed by atoms with E-state index in [0.29, 0.717) is 17.0 Å². The van der Waals surface area contributed by atoms with Crippen LogP contribution in [0.3, 0.4) is 0 Å². The molecule has 140 valence electrons. The molecule has 0 saturated carbocycles. The molecule has 0 aliphatic carbocycles. The Kier molecular flexibility index (Phi) is 6.94. The predicted molar refractivity (Wildman–Crippen MR) is 99.1 cm³/mol. The number of carbonyl (C=O) groups is 1. The molecule has 1 fully saturated rings. The molecule has 2 aromatic rings. The summed E-state index contributed by atoms with van der Waals surface area (Å²) in [5.41, 5.74) is 0.598. The molecule has 2 aromatic carbocycles. The maximum absolute atomic E-state index is 13.9. The molecule has 0 spiro atoms. The number of nitrogens with one attached hydrogen (secondary N) is 1. The van der Waals surface area contributed by atoms with E-state index in [-0.39, 0.29) is 18.5 Å². The average molecular weight is 383 g/mol. The Morgan fingerprint density at radius 1 is 1.08 bits per heavy atom. The SMILES string of the molecule is CN1CCC(Oc2cc(F)cc(NC(=O)c3ccc(F)cc3)c2)CC1.Cl. The number of carbonyl (C=O) groups excluding carboxylic acids is 1. The molecule has 0 aromatic heterocycles. The summed E-state index contributed by atoms with van der Waals surface area (Å²) in [6, 6.07) is 9.29. The van der Waals surface area contributed by atoms with Gasteiger partial charge in [0.25, 0.3) is 5.91 Å².